The second-order valence-electron chi connectivity index (χ2n) is 7.50. The molecule has 0 aliphatic carbocycles. The Morgan fingerprint density at radius 2 is 2.17 bits per heavy atom. The van der Waals surface area contributed by atoms with E-state index in [0.717, 1.165) is 48.7 Å². The number of aromatic nitrogens is 3. The molecule has 1 aromatic heterocycles. The molecular formula is C21H32ClN7. The zero-order chi connectivity index (χ0) is 20.6. The van der Waals surface area contributed by atoms with E-state index < -0.39 is 0 Å². The Balaban J connectivity index is 1.60. The number of hydrogen-bond donors (Lipinski definition) is 2. The van der Waals surface area contributed by atoms with E-state index in [1.54, 1.807) is 0 Å². The minimum atomic E-state index is 0.492. The molecule has 3 rings (SSSR count). The molecule has 2 aromatic rings. The van der Waals surface area contributed by atoms with Gasteiger partial charge in [-0.15, -0.1) is 10.2 Å². The zero-order valence-corrected chi connectivity index (χ0v) is 18.4. The van der Waals surface area contributed by atoms with Crippen molar-refractivity contribution >= 4 is 17.6 Å². The van der Waals surface area contributed by atoms with E-state index in [1.165, 1.54) is 24.9 Å². The molecule has 2 N–H and O–H groups in total. The lowest BCUT2D eigenvalue weighted by Crippen LogP contribution is -2.45. The lowest BCUT2D eigenvalue weighted by molar-refractivity contribution is 0.267. The van der Waals surface area contributed by atoms with Gasteiger partial charge in [-0.05, 0) is 57.0 Å². The largest absolute Gasteiger partial charge is 0.356 e. The molecule has 0 radical (unpaired) electrons. The minimum absolute atomic E-state index is 0.492. The van der Waals surface area contributed by atoms with Gasteiger partial charge < -0.3 is 15.2 Å². The van der Waals surface area contributed by atoms with Gasteiger partial charge in [0.05, 0.1) is 0 Å². The van der Waals surface area contributed by atoms with Crippen LogP contribution in [-0.4, -0.2) is 57.8 Å². The maximum Gasteiger partial charge on any atom is 0.191 e. The van der Waals surface area contributed by atoms with Crippen molar-refractivity contribution in [3.8, 4) is 0 Å². The molecule has 0 spiro atoms. The molecule has 1 aromatic carbocycles. The number of likely N-dealkylation sites (tertiary alicyclic amines) is 1. The standard InChI is InChI=1S/C21H32ClN7/c1-4-29-12-6-9-19(29)14-24-21(25-15-20-27-26-16(2)28(20)3)23-11-10-17-7-5-8-18(22)13-17/h5,7-8,13,19H,4,6,9-12,14-15H2,1-3H3,(H2,23,24,25). The highest BCUT2D eigenvalue weighted by molar-refractivity contribution is 6.30. The normalized spacial score (nSPS) is 17.7. The van der Waals surface area contributed by atoms with Gasteiger partial charge in [-0.3, -0.25) is 4.90 Å². The SMILES string of the molecule is CCN1CCCC1CNC(=NCc1nnc(C)n1C)NCCc1cccc(Cl)c1. The topological polar surface area (TPSA) is 70.4 Å². The van der Waals surface area contributed by atoms with E-state index in [9.17, 15) is 0 Å². The van der Waals surface area contributed by atoms with Crippen LogP contribution < -0.4 is 10.6 Å². The molecule has 1 unspecified atom stereocenters. The van der Waals surface area contributed by atoms with Crippen LogP contribution in [0.5, 0.6) is 0 Å². The Bertz CT molecular complexity index is 817. The van der Waals surface area contributed by atoms with Crippen LogP contribution in [0.1, 0.15) is 37.0 Å². The quantitative estimate of drug-likeness (QED) is 0.510. The molecule has 1 saturated heterocycles. The molecule has 7 nitrogen and oxygen atoms in total. The molecule has 0 bridgehead atoms. The van der Waals surface area contributed by atoms with Crippen molar-refractivity contribution in [1.29, 1.82) is 0 Å². The van der Waals surface area contributed by atoms with Crippen LogP contribution in [0.3, 0.4) is 0 Å². The van der Waals surface area contributed by atoms with Crippen molar-refractivity contribution in [3.63, 3.8) is 0 Å². The molecular weight excluding hydrogens is 386 g/mol. The lowest BCUT2D eigenvalue weighted by atomic mass is 10.1. The molecule has 2 heterocycles. The summed E-state index contributed by atoms with van der Waals surface area (Å²) in [7, 11) is 1.97. The molecule has 1 aliphatic heterocycles. The fourth-order valence-electron chi connectivity index (χ4n) is 3.69. The zero-order valence-electron chi connectivity index (χ0n) is 17.7. The molecule has 1 fully saturated rings. The highest BCUT2D eigenvalue weighted by atomic mass is 35.5. The van der Waals surface area contributed by atoms with Crippen molar-refractivity contribution in [2.45, 2.75) is 45.7 Å². The third-order valence-corrected chi connectivity index (χ3v) is 5.80. The highest BCUT2D eigenvalue weighted by Crippen LogP contribution is 2.15. The van der Waals surface area contributed by atoms with Crippen LogP contribution in [0, 0.1) is 6.92 Å². The van der Waals surface area contributed by atoms with Crippen LogP contribution in [0.2, 0.25) is 5.02 Å². The monoisotopic (exact) mass is 417 g/mol. The van der Waals surface area contributed by atoms with Crippen LogP contribution in [0.25, 0.3) is 0 Å². The number of aliphatic imine (C=N–C) groups is 1. The first-order valence-electron chi connectivity index (χ1n) is 10.4. The minimum Gasteiger partial charge on any atom is -0.356 e. The maximum atomic E-state index is 6.09. The Labute approximate surface area is 178 Å². The van der Waals surface area contributed by atoms with E-state index in [0.29, 0.717) is 12.6 Å². The number of likely N-dealkylation sites (N-methyl/N-ethyl adjacent to an activating group) is 1. The van der Waals surface area contributed by atoms with Crippen LogP contribution in [0.15, 0.2) is 29.3 Å². The van der Waals surface area contributed by atoms with Crippen LogP contribution in [-0.2, 0) is 20.0 Å². The summed E-state index contributed by atoms with van der Waals surface area (Å²) in [5, 5.41) is 16.1. The van der Waals surface area contributed by atoms with Gasteiger partial charge in [-0.1, -0.05) is 30.7 Å². The summed E-state index contributed by atoms with van der Waals surface area (Å²) in [4.78, 5) is 7.29. The smallest absolute Gasteiger partial charge is 0.191 e. The average molecular weight is 418 g/mol. The first-order valence-corrected chi connectivity index (χ1v) is 10.8. The summed E-state index contributed by atoms with van der Waals surface area (Å²) in [6.07, 6.45) is 3.39. The van der Waals surface area contributed by atoms with E-state index in [-0.39, 0.29) is 0 Å². The highest BCUT2D eigenvalue weighted by Gasteiger charge is 2.22. The molecule has 0 amide bonds. The Kier molecular flexibility index (Phi) is 7.89. The van der Waals surface area contributed by atoms with Gasteiger partial charge in [0, 0.05) is 31.2 Å². The number of nitrogens with zero attached hydrogens (tertiary/aromatic N) is 5. The van der Waals surface area contributed by atoms with Crippen molar-refractivity contribution in [1.82, 2.24) is 30.3 Å². The number of benzene rings is 1. The van der Waals surface area contributed by atoms with Crippen molar-refractivity contribution in [3.05, 3.63) is 46.5 Å². The van der Waals surface area contributed by atoms with Gasteiger partial charge >= 0.3 is 0 Å². The average Bonchev–Trinajstić information content (AvgIpc) is 3.30. The summed E-state index contributed by atoms with van der Waals surface area (Å²) < 4.78 is 1.98. The van der Waals surface area contributed by atoms with E-state index in [1.807, 2.05) is 36.7 Å². The number of guanidine groups is 1. The second kappa shape index (κ2) is 10.6. The van der Waals surface area contributed by atoms with Gasteiger partial charge in [-0.25, -0.2) is 4.99 Å². The van der Waals surface area contributed by atoms with Gasteiger partial charge in [0.1, 0.15) is 12.4 Å². The number of nitrogens with one attached hydrogen (secondary N) is 2. The fourth-order valence-corrected chi connectivity index (χ4v) is 3.90. The third kappa shape index (κ3) is 6.18. The summed E-state index contributed by atoms with van der Waals surface area (Å²) in [6, 6.07) is 8.56. The summed E-state index contributed by atoms with van der Waals surface area (Å²) >= 11 is 6.09. The molecule has 158 valence electrons. The van der Waals surface area contributed by atoms with Gasteiger partial charge in [0.2, 0.25) is 0 Å². The molecule has 1 atom stereocenters. The number of hydrogen-bond acceptors (Lipinski definition) is 4. The van der Waals surface area contributed by atoms with E-state index in [4.69, 9.17) is 16.6 Å². The second-order valence-corrected chi connectivity index (χ2v) is 7.94. The van der Waals surface area contributed by atoms with Gasteiger partial charge in [0.25, 0.3) is 0 Å². The predicted octanol–water partition coefficient (Wildman–Crippen LogP) is 2.54. The van der Waals surface area contributed by atoms with Crippen LogP contribution >= 0.6 is 11.6 Å². The lowest BCUT2D eigenvalue weighted by Gasteiger charge is -2.24. The summed E-state index contributed by atoms with van der Waals surface area (Å²) in [5.41, 5.74) is 1.21. The first kappa shape index (κ1) is 21.6. The van der Waals surface area contributed by atoms with Crippen molar-refractivity contribution < 1.29 is 0 Å². The fraction of sp³-hybridized carbons (Fsp3) is 0.571. The van der Waals surface area contributed by atoms with Crippen molar-refractivity contribution in [2.75, 3.05) is 26.2 Å². The Hall–Kier alpha value is -2.12. The van der Waals surface area contributed by atoms with Gasteiger partial charge in [0.15, 0.2) is 11.8 Å². The van der Waals surface area contributed by atoms with E-state index in [2.05, 4.69) is 38.7 Å². The molecule has 1 aliphatic rings. The number of aryl methyl sites for hydroxylation is 1. The summed E-state index contributed by atoms with van der Waals surface area (Å²) in [5.74, 6) is 2.56. The molecule has 8 heteroatoms. The Morgan fingerprint density at radius 1 is 1.31 bits per heavy atom. The van der Waals surface area contributed by atoms with Gasteiger partial charge in [-0.2, -0.15) is 0 Å². The van der Waals surface area contributed by atoms with E-state index >= 15 is 0 Å². The van der Waals surface area contributed by atoms with Crippen molar-refractivity contribution in [2.24, 2.45) is 12.0 Å². The van der Waals surface area contributed by atoms with Crippen LogP contribution in [0.4, 0.5) is 0 Å². The number of rotatable bonds is 8. The summed E-state index contributed by atoms with van der Waals surface area (Å²) in [6.45, 7) is 8.64. The molecule has 0 saturated carbocycles. The number of halogens is 1. The third-order valence-electron chi connectivity index (χ3n) is 5.57. The predicted molar refractivity (Wildman–Crippen MR) is 118 cm³/mol. The molecule has 29 heavy (non-hydrogen) atoms. The first-order chi connectivity index (χ1) is 14.1. The maximum absolute atomic E-state index is 6.09. The Morgan fingerprint density at radius 3 is 2.90 bits per heavy atom.